The fraction of sp³-hybridized carbons (Fsp3) is 0.458. The summed E-state index contributed by atoms with van der Waals surface area (Å²) in [6.07, 6.45) is 6.41. The number of hydrogen-bond donors (Lipinski definition) is 2. The predicted octanol–water partition coefficient (Wildman–Crippen LogP) is 6.09. The summed E-state index contributed by atoms with van der Waals surface area (Å²) < 4.78 is 12.0. The Labute approximate surface area is 186 Å². The molecule has 2 aliphatic rings. The third-order valence-electron chi connectivity index (χ3n) is 5.85. The normalized spacial score (nSPS) is 22.8. The van der Waals surface area contributed by atoms with Gasteiger partial charge in [-0.2, -0.15) is 0 Å². The molecule has 2 aromatic carbocycles. The van der Waals surface area contributed by atoms with Crippen molar-refractivity contribution in [2.45, 2.75) is 64.1 Å². The van der Waals surface area contributed by atoms with E-state index in [0.29, 0.717) is 12.2 Å². The summed E-state index contributed by atoms with van der Waals surface area (Å²) in [5.41, 5.74) is 2.56. The maximum Gasteiger partial charge on any atom is 0.231 e. The molecule has 2 N–H and O–H groups in total. The highest BCUT2D eigenvalue weighted by Gasteiger charge is 2.34. The van der Waals surface area contributed by atoms with E-state index in [2.05, 4.69) is 35.1 Å². The van der Waals surface area contributed by atoms with Crippen LogP contribution in [0.2, 0.25) is 0 Å². The molecule has 2 unspecified atom stereocenters. The molecule has 0 fully saturated rings. The van der Waals surface area contributed by atoms with E-state index in [-0.39, 0.29) is 12.8 Å². The smallest absolute Gasteiger partial charge is 0.231 e. The molecule has 160 valence electrons. The summed E-state index contributed by atoms with van der Waals surface area (Å²) in [4.78, 5) is 5.15. The Kier molecular flexibility index (Phi) is 6.34. The molecular formula is C24H29BrN2O3. The molecule has 0 saturated heterocycles. The summed E-state index contributed by atoms with van der Waals surface area (Å²) in [6.45, 7) is 4.64. The fourth-order valence-electron chi connectivity index (χ4n) is 4.27. The number of aliphatic imine (C=N–C) groups is 1. The van der Waals surface area contributed by atoms with Gasteiger partial charge in [0.1, 0.15) is 11.4 Å². The summed E-state index contributed by atoms with van der Waals surface area (Å²) in [5.74, 6) is 1.84. The van der Waals surface area contributed by atoms with Gasteiger partial charge in [0.25, 0.3) is 0 Å². The fourth-order valence-corrected chi connectivity index (χ4v) is 4.65. The molecule has 0 saturated carbocycles. The highest BCUT2D eigenvalue weighted by Crippen LogP contribution is 2.38. The van der Waals surface area contributed by atoms with Gasteiger partial charge < -0.3 is 14.6 Å². The zero-order chi connectivity index (χ0) is 21.1. The van der Waals surface area contributed by atoms with Crippen molar-refractivity contribution >= 4 is 21.6 Å². The molecule has 30 heavy (non-hydrogen) atoms. The van der Waals surface area contributed by atoms with Crippen LogP contribution >= 0.6 is 15.9 Å². The number of rotatable bonds is 7. The van der Waals surface area contributed by atoms with Crippen LogP contribution in [0.5, 0.6) is 17.2 Å². The standard InChI is InChI=1S/C24H29BrN2O3/c1-3-4-5-6-11-24(2)26-19(16-7-10-22-23(12-16)30-15-29-22)14-20(27-24)18-13-17(25)8-9-21(18)28/h7-10,12-13,20,27-28H,3-6,11,14-15H2,1-2H3. The van der Waals surface area contributed by atoms with Crippen LogP contribution < -0.4 is 14.8 Å². The van der Waals surface area contributed by atoms with E-state index in [1.807, 2.05) is 30.3 Å². The Hall–Kier alpha value is -2.05. The van der Waals surface area contributed by atoms with Crippen molar-refractivity contribution in [3.63, 3.8) is 0 Å². The quantitative estimate of drug-likeness (QED) is 0.478. The van der Waals surface area contributed by atoms with Crippen LogP contribution in [0.4, 0.5) is 0 Å². The van der Waals surface area contributed by atoms with Crippen molar-refractivity contribution in [1.82, 2.24) is 5.32 Å². The van der Waals surface area contributed by atoms with Crippen molar-refractivity contribution in [3.8, 4) is 17.2 Å². The number of fused-ring (bicyclic) bond motifs is 1. The topological polar surface area (TPSA) is 63.1 Å². The number of phenolic OH excluding ortho intramolecular Hbond substituents is 1. The van der Waals surface area contributed by atoms with E-state index in [4.69, 9.17) is 14.5 Å². The molecule has 0 amide bonds. The first kappa shape index (κ1) is 21.2. The Balaban J connectivity index is 1.66. The summed E-state index contributed by atoms with van der Waals surface area (Å²) in [5, 5.41) is 14.3. The van der Waals surface area contributed by atoms with Gasteiger partial charge in [-0.3, -0.25) is 10.3 Å². The van der Waals surface area contributed by atoms with Gasteiger partial charge in [-0.25, -0.2) is 0 Å². The van der Waals surface area contributed by atoms with Crippen LogP contribution in [0.25, 0.3) is 0 Å². The highest BCUT2D eigenvalue weighted by atomic mass is 79.9. The minimum atomic E-state index is -0.392. The third kappa shape index (κ3) is 4.65. The van der Waals surface area contributed by atoms with Crippen molar-refractivity contribution < 1.29 is 14.6 Å². The average Bonchev–Trinajstić information content (AvgIpc) is 3.20. The molecule has 0 spiro atoms. The second-order valence-corrected chi connectivity index (χ2v) is 9.23. The first-order chi connectivity index (χ1) is 14.5. The molecular weight excluding hydrogens is 444 g/mol. The number of phenols is 1. The van der Waals surface area contributed by atoms with Crippen molar-refractivity contribution in [2.24, 2.45) is 4.99 Å². The van der Waals surface area contributed by atoms with Crippen LogP contribution in [0.15, 0.2) is 45.9 Å². The first-order valence-electron chi connectivity index (χ1n) is 10.7. The number of benzene rings is 2. The molecule has 0 radical (unpaired) electrons. The molecule has 2 heterocycles. The van der Waals surface area contributed by atoms with Crippen LogP contribution in [0, 0.1) is 0 Å². The maximum absolute atomic E-state index is 10.5. The Morgan fingerprint density at radius 3 is 2.80 bits per heavy atom. The van der Waals surface area contributed by atoms with Gasteiger partial charge in [-0.05, 0) is 61.7 Å². The molecule has 2 atom stereocenters. The molecule has 6 heteroatoms. The number of unbranched alkanes of at least 4 members (excludes halogenated alkanes) is 3. The van der Waals surface area contributed by atoms with E-state index < -0.39 is 5.66 Å². The maximum atomic E-state index is 10.5. The lowest BCUT2D eigenvalue weighted by Gasteiger charge is -2.38. The number of nitrogens with zero attached hydrogens (tertiary/aromatic N) is 1. The van der Waals surface area contributed by atoms with Crippen molar-refractivity contribution in [2.75, 3.05) is 6.79 Å². The summed E-state index contributed by atoms with van der Waals surface area (Å²) in [7, 11) is 0. The molecule has 5 nitrogen and oxygen atoms in total. The van der Waals surface area contributed by atoms with Crippen LogP contribution in [-0.4, -0.2) is 23.3 Å². The van der Waals surface area contributed by atoms with Gasteiger partial charge in [-0.15, -0.1) is 0 Å². The number of halogens is 1. The van der Waals surface area contributed by atoms with Crippen molar-refractivity contribution in [1.29, 1.82) is 0 Å². The lowest BCUT2D eigenvalue weighted by atomic mass is 9.90. The Morgan fingerprint density at radius 2 is 1.97 bits per heavy atom. The monoisotopic (exact) mass is 472 g/mol. The van der Waals surface area contributed by atoms with E-state index in [0.717, 1.165) is 45.7 Å². The highest BCUT2D eigenvalue weighted by molar-refractivity contribution is 9.10. The van der Waals surface area contributed by atoms with E-state index in [1.165, 1.54) is 19.3 Å². The van der Waals surface area contributed by atoms with E-state index in [9.17, 15) is 5.11 Å². The van der Waals surface area contributed by atoms with E-state index in [1.54, 1.807) is 6.07 Å². The number of hydrogen-bond acceptors (Lipinski definition) is 5. The Bertz CT molecular complexity index is 946. The zero-order valence-corrected chi connectivity index (χ0v) is 19.2. The number of aromatic hydroxyl groups is 1. The van der Waals surface area contributed by atoms with Gasteiger partial charge in [0.05, 0.1) is 0 Å². The van der Waals surface area contributed by atoms with Gasteiger partial charge in [0, 0.05) is 28.2 Å². The lowest BCUT2D eigenvalue weighted by molar-refractivity contribution is 0.174. The van der Waals surface area contributed by atoms with Gasteiger partial charge >= 0.3 is 0 Å². The predicted molar refractivity (Wildman–Crippen MR) is 123 cm³/mol. The molecule has 2 aliphatic heterocycles. The summed E-state index contributed by atoms with van der Waals surface area (Å²) in [6, 6.07) is 11.6. The molecule has 4 rings (SSSR count). The summed E-state index contributed by atoms with van der Waals surface area (Å²) >= 11 is 3.54. The largest absolute Gasteiger partial charge is 0.508 e. The minimum Gasteiger partial charge on any atom is -0.508 e. The molecule has 0 aromatic heterocycles. The third-order valence-corrected chi connectivity index (χ3v) is 6.35. The Morgan fingerprint density at radius 1 is 1.13 bits per heavy atom. The minimum absolute atomic E-state index is 0.0309. The molecule has 0 aliphatic carbocycles. The number of nitrogens with one attached hydrogen (secondary N) is 1. The van der Waals surface area contributed by atoms with E-state index >= 15 is 0 Å². The second kappa shape index (κ2) is 8.98. The number of ether oxygens (including phenoxy) is 2. The van der Waals surface area contributed by atoms with Crippen molar-refractivity contribution in [3.05, 3.63) is 52.0 Å². The zero-order valence-electron chi connectivity index (χ0n) is 17.6. The first-order valence-corrected chi connectivity index (χ1v) is 11.5. The lowest BCUT2D eigenvalue weighted by Crippen LogP contribution is -2.47. The SMILES string of the molecule is CCCCCCC1(C)N=C(c2ccc3c(c2)OCO3)CC(c2cc(Br)ccc2O)N1. The van der Waals surface area contributed by atoms with Crippen LogP contribution in [-0.2, 0) is 0 Å². The molecule has 2 aromatic rings. The average molecular weight is 473 g/mol. The van der Waals surface area contributed by atoms with Gasteiger partial charge in [0.2, 0.25) is 6.79 Å². The molecule has 0 bridgehead atoms. The van der Waals surface area contributed by atoms with Gasteiger partial charge in [-0.1, -0.05) is 42.1 Å². The second-order valence-electron chi connectivity index (χ2n) is 8.32. The van der Waals surface area contributed by atoms with Crippen LogP contribution in [0.1, 0.15) is 69.5 Å². The van der Waals surface area contributed by atoms with Crippen LogP contribution in [0.3, 0.4) is 0 Å². The van der Waals surface area contributed by atoms with Gasteiger partial charge in [0.15, 0.2) is 11.5 Å².